The first-order chi connectivity index (χ1) is 11.9. The summed E-state index contributed by atoms with van der Waals surface area (Å²) < 4.78 is 32.8. The summed E-state index contributed by atoms with van der Waals surface area (Å²) in [6.07, 6.45) is 3.72. The molecule has 7 heteroatoms. The molecule has 3 rings (SSSR count). The van der Waals surface area contributed by atoms with Crippen molar-refractivity contribution >= 4 is 21.6 Å². The molecule has 2 fully saturated rings. The van der Waals surface area contributed by atoms with Crippen LogP contribution in [0.5, 0.6) is 5.75 Å². The summed E-state index contributed by atoms with van der Waals surface area (Å²) in [5, 5.41) is 2.86. The van der Waals surface area contributed by atoms with Crippen molar-refractivity contribution in [1.29, 1.82) is 0 Å². The number of rotatable bonds is 6. The van der Waals surface area contributed by atoms with Gasteiger partial charge in [0.05, 0.1) is 17.2 Å². The molecule has 138 valence electrons. The number of sulfonamides is 1. The highest BCUT2D eigenvalue weighted by molar-refractivity contribution is 7.89. The molecule has 1 aromatic rings. The number of carbonyl (C=O) groups is 1. The zero-order valence-corrected chi connectivity index (χ0v) is 15.6. The van der Waals surface area contributed by atoms with Crippen LogP contribution in [-0.2, 0) is 14.8 Å². The SMILES string of the molecule is CCOc1ccc(S(=O)(=O)N2CCCCC2)cc1NC(=O)[C@@H]1C[C@H]1C. The first-order valence-corrected chi connectivity index (χ1v) is 10.5. The van der Waals surface area contributed by atoms with Gasteiger partial charge >= 0.3 is 0 Å². The van der Waals surface area contributed by atoms with E-state index in [1.165, 1.54) is 10.4 Å². The van der Waals surface area contributed by atoms with E-state index in [0.29, 0.717) is 37.1 Å². The summed E-state index contributed by atoms with van der Waals surface area (Å²) in [4.78, 5) is 12.5. The molecule has 1 saturated carbocycles. The van der Waals surface area contributed by atoms with Crippen molar-refractivity contribution in [3.05, 3.63) is 18.2 Å². The van der Waals surface area contributed by atoms with Gasteiger partial charge in [-0.15, -0.1) is 0 Å². The first kappa shape index (κ1) is 18.2. The quantitative estimate of drug-likeness (QED) is 0.840. The van der Waals surface area contributed by atoms with Crippen molar-refractivity contribution in [2.75, 3.05) is 25.0 Å². The van der Waals surface area contributed by atoms with Crippen molar-refractivity contribution in [3.63, 3.8) is 0 Å². The first-order valence-electron chi connectivity index (χ1n) is 9.01. The second kappa shape index (κ2) is 7.33. The highest BCUT2D eigenvalue weighted by Gasteiger charge is 2.39. The second-order valence-electron chi connectivity index (χ2n) is 6.86. The second-order valence-corrected chi connectivity index (χ2v) is 8.80. The monoisotopic (exact) mass is 366 g/mol. The van der Waals surface area contributed by atoms with Gasteiger partial charge in [0.15, 0.2) is 0 Å². The lowest BCUT2D eigenvalue weighted by molar-refractivity contribution is -0.117. The van der Waals surface area contributed by atoms with Gasteiger partial charge in [0.25, 0.3) is 0 Å². The Bertz CT molecular complexity index is 741. The molecule has 25 heavy (non-hydrogen) atoms. The van der Waals surface area contributed by atoms with Crippen LogP contribution >= 0.6 is 0 Å². The van der Waals surface area contributed by atoms with Gasteiger partial charge in [-0.25, -0.2) is 8.42 Å². The van der Waals surface area contributed by atoms with Crippen molar-refractivity contribution in [2.24, 2.45) is 11.8 Å². The molecule has 1 aliphatic heterocycles. The average Bonchev–Trinajstić information content (AvgIpc) is 3.34. The van der Waals surface area contributed by atoms with Gasteiger partial charge in [0.2, 0.25) is 15.9 Å². The van der Waals surface area contributed by atoms with Crippen LogP contribution in [0.15, 0.2) is 23.1 Å². The number of benzene rings is 1. The number of hydrogen-bond donors (Lipinski definition) is 1. The van der Waals surface area contributed by atoms with Crippen LogP contribution in [0, 0.1) is 11.8 Å². The Morgan fingerprint density at radius 2 is 1.96 bits per heavy atom. The summed E-state index contributed by atoms with van der Waals surface area (Å²) in [5.41, 5.74) is 0.434. The Morgan fingerprint density at radius 1 is 1.28 bits per heavy atom. The van der Waals surface area contributed by atoms with Crippen molar-refractivity contribution in [3.8, 4) is 5.75 Å². The van der Waals surface area contributed by atoms with E-state index < -0.39 is 10.0 Å². The summed E-state index contributed by atoms with van der Waals surface area (Å²) in [6, 6.07) is 4.72. The predicted octanol–water partition coefficient (Wildman–Crippen LogP) is 2.85. The van der Waals surface area contributed by atoms with Gasteiger partial charge in [-0.1, -0.05) is 13.3 Å². The molecular weight excluding hydrogens is 340 g/mol. The van der Waals surface area contributed by atoms with Crippen molar-refractivity contribution in [1.82, 2.24) is 4.31 Å². The van der Waals surface area contributed by atoms with Gasteiger partial charge < -0.3 is 10.1 Å². The number of amides is 1. The minimum Gasteiger partial charge on any atom is -0.492 e. The van der Waals surface area contributed by atoms with Gasteiger partial charge in [-0.3, -0.25) is 4.79 Å². The molecule has 1 aromatic carbocycles. The lowest BCUT2D eigenvalue weighted by atomic mass is 10.2. The maximum atomic E-state index is 12.9. The Morgan fingerprint density at radius 3 is 2.56 bits per heavy atom. The molecule has 0 bridgehead atoms. The third kappa shape index (κ3) is 3.98. The maximum Gasteiger partial charge on any atom is 0.243 e. The smallest absolute Gasteiger partial charge is 0.243 e. The van der Waals surface area contributed by atoms with E-state index in [4.69, 9.17) is 4.74 Å². The summed E-state index contributed by atoms with van der Waals surface area (Å²) in [6.45, 7) is 5.44. The van der Waals surface area contributed by atoms with E-state index >= 15 is 0 Å². The zero-order chi connectivity index (χ0) is 18.0. The summed E-state index contributed by atoms with van der Waals surface area (Å²) >= 11 is 0. The highest BCUT2D eigenvalue weighted by atomic mass is 32.2. The molecule has 1 aliphatic carbocycles. The standard InChI is InChI=1S/C18H26N2O4S/c1-3-24-17-8-7-14(25(22,23)20-9-5-4-6-10-20)12-16(17)19-18(21)15-11-13(15)2/h7-8,12-13,15H,3-6,9-11H2,1-2H3,(H,19,21)/t13-,15-/m1/s1. The third-order valence-electron chi connectivity index (χ3n) is 4.91. The van der Waals surface area contributed by atoms with E-state index in [9.17, 15) is 13.2 Å². The molecule has 1 N–H and O–H groups in total. The molecular formula is C18H26N2O4S. The highest BCUT2D eigenvalue weighted by Crippen LogP contribution is 2.39. The molecule has 2 atom stereocenters. The molecule has 6 nitrogen and oxygen atoms in total. The maximum absolute atomic E-state index is 12.9. The number of hydrogen-bond acceptors (Lipinski definition) is 4. The van der Waals surface area contributed by atoms with Crippen LogP contribution < -0.4 is 10.1 Å². The van der Waals surface area contributed by atoms with E-state index in [2.05, 4.69) is 5.32 Å². The number of nitrogens with zero attached hydrogens (tertiary/aromatic N) is 1. The van der Waals surface area contributed by atoms with Gasteiger partial charge in [0.1, 0.15) is 5.75 Å². The average molecular weight is 366 g/mol. The van der Waals surface area contributed by atoms with Crippen LogP contribution in [0.1, 0.15) is 39.5 Å². The van der Waals surface area contributed by atoms with Crippen LogP contribution in [0.25, 0.3) is 0 Å². The molecule has 0 radical (unpaired) electrons. The zero-order valence-electron chi connectivity index (χ0n) is 14.8. The predicted molar refractivity (Wildman–Crippen MR) is 96.1 cm³/mol. The van der Waals surface area contributed by atoms with Crippen LogP contribution in [0.2, 0.25) is 0 Å². The Balaban J connectivity index is 1.87. The number of ether oxygens (including phenoxy) is 1. The molecule has 1 saturated heterocycles. The number of nitrogens with one attached hydrogen (secondary N) is 1. The minimum absolute atomic E-state index is 0.0110. The fourth-order valence-electron chi connectivity index (χ4n) is 3.22. The number of anilines is 1. The number of carbonyl (C=O) groups excluding carboxylic acids is 1. The third-order valence-corrected chi connectivity index (χ3v) is 6.80. The molecule has 2 aliphatic rings. The van der Waals surface area contributed by atoms with Crippen molar-refractivity contribution in [2.45, 2.75) is 44.4 Å². The topological polar surface area (TPSA) is 75.7 Å². The lowest BCUT2D eigenvalue weighted by Gasteiger charge is -2.26. The van der Waals surface area contributed by atoms with Crippen LogP contribution in [-0.4, -0.2) is 38.3 Å². The Labute approximate surface area is 149 Å². The van der Waals surface area contributed by atoms with Crippen LogP contribution in [0.4, 0.5) is 5.69 Å². The van der Waals surface area contributed by atoms with Gasteiger partial charge in [-0.2, -0.15) is 4.31 Å². The Hall–Kier alpha value is -1.60. The van der Waals surface area contributed by atoms with E-state index in [0.717, 1.165) is 25.7 Å². The molecule has 1 heterocycles. The lowest BCUT2D eigenvalue weighted by Crippen LogP contribution is -2.35. The fourth-order valence-corrected chi connectivity index (χ4v) is 4.76. The van der Waals surface area contributed by atoms with Gasteiger partial charge in [0, 0.05) is 19.0 Å². The minimum atomic E-state index is -3.54. The van der Waals surface area contributed by atoms with Crippen LogP contribution in [0.3, 0.4) is 0 Å². The van der Waals surface area contributed by atoms with Gasteiger partial charge in [-0.05, 0) is 50.3 Å². The summed E-state index contributed by atoms with van der Waals surface area (Å²) in [7, 11) is -3.54. The largest absolute Gasteiger partial charge is 0.492 e. The summed E-state index contributed by atoms with van der Waals surface area (Å²) in [5.74, 6) is 0.829. The van der Waals surface area contributed by atoms with E-state index in [1.54, 1.807) is 12.1 Å². The fraction of sp³-hybridized carbons (Fsp3) is 0.611. The number of piperidine rings is 1. The molecule has 0 unspecified atom stereocenters. The molecule has 0 aromatic heterocycles. The van der Waals surface area contributed by atoms with Crippen molar-refractivity contribution < 1.29 is 17.9 Å². The normalized spacial score (nSPS) is 23.9. The van der Waals surface area contributed by atoms with E-state index in [-0.39, 0.29) is 16.7 Å². The molecule has 1 amide bonds. The molecule has 0 spiro atoms. The Kier molecular flexibility index (Phi) is 5.34. The van der Waals surface area contributed by atoms with E-state index in [1.807, 2.05) is 13.8 Å².